The van der Waals surface area contributed by atoms with Crippen molar-refractivity contribution in [2.45, 2.75) is 47.8 Å². The molecule has 1 aliphatic carbocycles. The number of hydrogen-bond acceptors (Lipinski definition) is 5. The van der Waals surface area contributed by atoms with Crippen molar-refractivity contribution in [3.63, 3.8) is 0 Å². The van der Waals surface area contributed by atoms with Crippen LogP contribution in [-0.4, -0.2) is 13.1 Å². The number of para-hydroxylation sites is 1. The molecule has 1 atom stereocenters. The Balaban J connectivity index is 1.35. The van der Waals surface area contributed by atoms with Crippen molar-refractivity contribution in [1.82, 2.24) is 0 Å². The smallest absolute Gasteiger partial charge is 0.342 e. The second kappa shape index (κ2) is 8.07. The molecular weight excluding hydrogens is 524 g/mol. The van der Waals surface area contributed by atoms with E-state index in [1.165, 1.54) is 39.1 Å². The first-order valence-corrected chi connectivity index (χ1v) is 15.5. The molecule has 0 amide bonds. The third-order valence-corrected chi connectivity index (χ3v) is 11.2. The van der Waals surface area contributed by atoms with Crippen LogP contribution in [0, 0.1) is 0 Å². The standard InChI is InChI=1S/C36H30N2O2S/c1-35(2)15-17-38-18-16-36(25-11-5-3-9-22(25)23-10-4-6-12-26(23)36)27-20-21-19-24(34(39)40-32(21)30(35)31(27)38)33-37-28-13-7-8-14-29(28)41-33/h3-14,19-20,33,37H,15-18H2,1-2H3. The van der Waals surface area contributed by atoms with Gasteiger partial charge in [0.15, 0.2) is 0 Å². The first kappa shape index (κ1) is 23.7. The summed E-state index contributed by atoms with van der Waals surface area (Å²) in [6, 6.07) is 30.6. The average Bonchev–Trinajstić information content (AvgIpc) is 3.54. The van der Waals surface area contributed by atoms with Gasteiger partial charge in [-0.2, -0.15) is 0 Å². The monoisotopic (exact) mass is 554 g/mol. The van der Waals surface area contributed by atoms with Crippen molar-refractivity contribution < 1.29 is 4.42 Å². The minimum absolute atomic E-state index is 0.121. The van der Waals surface area contributed by atoms with Gasteiger partial charge in [0.25, 0.3) is 0 Å². The number of rotatable bonds is 1. The number of thioether (sulfide) groups is 1. The summed E-state index contributed by atoms with van der Waals surface area (Å²) >= 11 is 1.68. The number of anilines is 2. The first-order valence-electron chi connectivity index (χ1n) is 14.6. The summed E-state index contributed by atoms with van der Waals surface area (Å²) in [4.78, 5) is 17.4. The quantitative estimate of drug-likeness (QED) is 0.212. The van der Waals surface area contributed by atoms with E-state index in [1.54, 1.807) is 11.8 Å². The maximum Gasteiger partial charge on any atom is 0.342 e. The van der Waals surface area contributed by atoms with Crippen LogP contribution in [0.3, 0.4) is 0 Å². The Bertz CT molecular complexity index is 1920. The lowest BCUT2D eigenvalue weighted by molar-refractivity contribution is 0.420. The normalized spacial score (nSPS) is 20.3. The van der Waals surface area contributed by atoms with Gasteiger partial charge in [0, 0.05) is 40.3 Å². The van der Waals surface area contributed by atoms with Crippen LogP contribution in [0.4, 0.5) is 11.4 Å². The third-order valence-electron chi connectivity index (χ3n) is 10.0. The van der Waals surface area contributed by atoms with Gasteiger partial charge < -0.3 is 14.6 Å². The van der Waals surface area contributed by atoms with Gasteiger partial charge in [0.2, 0.25) is 0 Å². The summed E-state index contributed by atoms with van der Waals surface area (Å²) in [5.74, 6) is 0. The van der Waals surface area contributed by atoms with E-state index < -0.39 is 0 Å². The van der Waals surface area contributed by atoms with Gasteiger partial charge in [-0.3, -0.25) is 0 Å². The van der Waals surface area contributed by atoms with Crippen molar-refractivity contribution in [2.75, 3.05) is 23.3 Å². The lowest BCUT2D eigenvalue weighted by Gasteiger charge is -2.49. The van der Waals surface area contributed by atoms with Crippen molar-refractivity contribution in [3.8, 4) is 11.1 Å². The Morgan fingerprint density at radius 1 is 0.854 bits per heavy atom. The fourth-order valence-corrected chi connectivity index (χ4v) is 9.20. The molecule has 0 bridgehead atoms. The van der Waals surface area contributed by atoms with Crippen molar-refractivity contribution in [2.24, 2.45) is 0 Å². The molecule has 0 radical (unpaired) electrons. The maximum atomic E-state index is 13.7. The largest absolute Gasteiger partial charge is 0.422 e. The first-order chi connectivity index (χ1) is 20.0. The van der Waals surface area contributed by atoms with E-state index in [9.17, 15) is 4.79 Å². The summed E-state index contributed by atoms with van der Waals surface area (Å²) in [6.45, 7) is 6.63. The van der Waals surface area contributed by atoms with Crippen molar-refractivity contribution >= 4 is 34.1 Å². The van der Waals surface area contributed by atoms with Crippen LogP contribution in [0.25, 0.3) is 22.1 Å². The van der Waals surface area contributed by atoms with E-state index in [0.29, 0.717) is 5.56 Å². The van der Waals surface area contributed by atoms with Crippen LogP contribution in [0.5, 0.6) is 0 Å². The zero-order valence-electron chi connectivity index (χ0n) is 23.2. The highest BCUT2D eigenvalue weighted by molar-refractivity contribution is 8.00. The maximum absolute atomic E-state index is 13.7. The molecule has 1 N–H and O–H groups in total. The number of nitrogens with one attached hydrogen (secondary N) is 1. The molecule has 0 saturated carbocycles. The van der Waals surface area contributed by atoms with Crippen LogP contribution in [-0.2, 0) is 10.8 Å². The van der Waals surface area contributed by atoms with Crippen LogP contribution in [0.2, 0.25) is 0 Å². The molecule has 9 rings (SSSR count). The molecule has 5 heteroatoms. The van der Waals surface area contributed by atoms with E-state index >= 15 is 0 Å². The molecule has 1 unspecified atom stereocenters. The molecule has 4 aromatic carbocycles. The zero-order valence-corrected chi connectivity index (χ0v) is 24.0. The average molecular weight is 555 g/mol. The Morgan fingerprint density at radius 2 is 1.54 bits per heavy atom. The number of fused-ring (bicyclic) bond motifs is 9. The minimum atomic E-state index is -0.249. The van der Waals surface area contributed by atoms with Gasteiger partial charge in [-0.15, -0.1) is 0 Å². The van der Waals surface area contributed by atoms with E-state index in [2.05, 4.69) is 96.9 Å². The topological polar surface area (TPSA) is 45.5 Å². The highest BCUT2D eigenvalue weighted by atomic mass is 32.2. The van der Waals surface area contributed by atoms with Gasteiger partial charge in [0.05, 0.1) is 11.0 Å². The van der Waals surface area contributed by atoms with Crippen molar-refractivity contribution in [1.29, 1.82) is 0 Å². The van der Waals surface area contributed by atoms with Crippen LogP contribution >= 0.6 is 11.8 Å². The van der Waals surface area contributed by atoms with Gasteiger partial charge in [-0.1, -0.05) is 86.3 Å². The zero-order chi connectivity index (χ0) is 27.5. The second-order valence-corrected chi connectivity index (χ2v) is 13.7. The predicted octanol–water partition coefficient (Wildman–Crippen LogP) is 8.22. The summed E-state index contributed by atoms with van der Waals surface area (Å²) in [5, 5.41) is 4.40. The molecule has 4 aliphatic rings. The fraction of sp³-hybridized carbons (Fsp3) is 0.250. The Kier molecular flexibility index (Phi) is 4.67. The van der Waals surface area contributed by atoms with Crippen LogP contribution < -0.4 is 15.8 Å². The highest BCUT2D eigenvalue weighted by Gasteiger charge is 2.51. The molecule has 3 aliphatic heterocycles. The van der Waals surface area contributed by atoms with Gasteiger partial charge in [-0.25, -0.2) is 4.79 Å². The minimum Gasteiger partial charge on any atom is -0.422 e. The Labute approximate surface area is 243 Å². The lowest BCUT2D eigenvalue weighted by atomic mass is 9.64. The predicted molar refractivity (Wildman–Crippen MR) is 167 cm³/mol. The third kappa shape index (κ3) is 3.05. The molecule has 4 nitrogen and oxygen atoms in total. The Hall–Kier alpha value is -3.96. The number of hydrogen-bond donors (Lipinski definition) is 1. The van der Waals surface area contributed by atoms with E-state index in [-0.39, 0.29) is 21.8 Å². The van der Waals surface area contributed by atoms with Crippen molar-refractivity contribution in [3.05, 3.63) is 123 Å². The molecule has 0 saturated heterocycles. The molecule has 1 aromatic heterocycles. The summed E-state index contributed by atoms with van der Waals surface area (Å²) in [5.41, 5.74) is 11.2. The molecule has 202 valence electrons. The second-order valence-electron chi connectivity index (χ2n) is 12.6. The highest BCUT2D eigenvalue weighted by Crippen LogP contribution is 2.61. The lowest BCUT2D eigenvalue weighted by Crippen LogP contribution is -2.46. The number of nitrogens with zero attached hydrogens (tertiary/aromatic N) is 1. The summed E-state index contributed by atoms with van der Waals surface area (Å²) in [7, 11) is 0. The van der Waals surface area contributed by atoms with E-state index in [0.717, 1.165) is 47.5 Å². The molecule has 41 heavy (non-hydrogen) atoms. The van der Waals surface area contributed by atoms with Crippen LogP contribution in [0.1, 0.15) is 59.9 Å². The van der Waals surface area contributed by atoms with E-state index in [4.69, 9.17) is 4.42 Å². The van der Waals surface area contributed by atoms with E-state index in [1.807, 2.05) is 12.1 Å². The summed E-state index contributed by atoms with van der Waals surface area (Å²) in [6.07, 6.45) is 2.05. The summed E-state index contributed by atoms with van der Waals surface area (Å²) < 4.78 is 6.36. The van der Waals surface area contributed by atoms with Gasteiger partial charge >= 0.3 is 5.63 Å². The molecular formula is C36H30N2O2S. The molecule has 0 fully saturated rings. The molecule has 1 spiro atoms. The molecule has 5 aromatic rings. The molecule has 4 heterocycles. The number of benzene rings is 4. The SMILES string of the molecule is CC1(C)CCN2CCC3(c4ccccc4-c4ccccc43)c3cc4cc(C5Nc6ccccc6S5)c(=O)oc4c1c32. The van der Waals surface area contributed by atoms with Gasteiger partial charge in [0.1, 0.15) is 11.0 Å². The fourth-order valence-electron chi connectivity index (χ4n) is 8.06. The Morgan fingerprint density at radius 3 is 2.29 bits per heavy atom. The van der Waals surface area contributed by atoms with Crippen LogP contribution in [0.15, 0.2) is 99.0 Å². The van der Waals surface area contributed by atoms with Gasteiger partial charge in [-0.05, 0) is 70.3 Å².